The largest absolute Gasteiger partial charge is 0.490 e. The lowest BCUT2D eigenvalue weighted by Gasteiger charge is -2.38. The Hall–Kier alpha value is -1.03. The number of aliphatic hydroxyl groups is 2. The lowest BCUT2D eigenvalue weighted by Crippen LogP contribution is -2.58. The molecule has 2 aliphatic heterocycles. The van der Waals surface area contributed by atoms with Gasteiger partial charge in [0.1, 0.15) is 24.2 Å². The van der Waals surface area contributed by atoms with Gasteiger partial charge < -0.3 is 44.7 Å². The first kappa shape index (κ1) is 28.2. The fourth-order valence-corrected chi connectivity index (χ4v) is 6.11. The van der Waals surface area contributed by atoms with Crippen molar-refractivity contribution in [3.8, 4) is 0 Å². The molecule has 1 saturated heterocycles. The minimum atomic E-state index is -5.80. The molecule has 0 aliphatic carbocycles. The van der Waals surface area contributed by atoms with Crippen molar-refractivity contribution in [3.05, 3.63) is 24.2 Å². The molecule has 0 spiro atoms. The van der Waals surface area contributed by atoms with E-state index < -0.39 is 66.2 Å². The Bertz CT molecular complexity index is 1000. The maximum absolute atomic E-state index is 13.9. The number of hydrogen-bond acceptors (Lipinski definition) is 11. The Balaban J connectivity index is 2.24. The summed E-state index contributed by atoms with van der Waals surface area (Å²) in [5.74, 6) is -0.708. The smallest absolute Gasteiger partial charge is 0.387 e. The number of carbonyl (C=O) groups excluding carboxylic acids is 1. The zero-order chi connectivity index (χ0) is 25.6. The van der Waals surface area contributed by atoms with Crippen LogP contribution in [0.3, 0.4) is 0 Å². The van der Waals surface area contributed by atoms with E-state index in [1.807, 2.05) is 0 Å². The summed E-state index contributed by atoms with van der Waals surface area (Å²) in [6, 6.07) is 0. The Labute approximate surface area is 185 Å². The highest BCUT2D eigenvalue weighted by Crippen LogP contribution is 2.66. The third kappa shape index (κ3) is 6.35. The van der Waals surface area contributed by atoms with Crippen LogP contribution >= 0.6 is 23.5 Å². The van der Waals surface area contributed by atoms with Crippen molar-refractivity contribution in [2.75, 3.05) is 13.3 Å². The molecule has 0 radical (unpaired) electrons. The second-order valence-corrected chi connectivity index (χ2v) is 11.7. The second kappa shape index (κ2) is 9.21. The van der Waals surface area contributed by atoms with Crippen LogP contribution in [-0.2, 0) is 36.4 Å². The molecule has 16 nitrogen and oxygen atoms in total. The minimum absolute atomic E-state index is 0.101. The Kier molecular flexibility index (Phi) is 7.87. The van der Waals surface area contributed by atoms with Crippen molar-refractivity contribution in [2.45, 2.75) is 37.4 Å². The summed E-state index contributed by atoms with van der Waals surface area (Å²) in [6.45, 7) is 3.15. The molecule has 0 saturated carbocycles. The van der Waals surface area contributed by atoms with Crippen LogP contribution in [0.4, 0.5) is 4.39 Å². The van der Waals surface area contributed by atoms with Crippen molar-refractivity contribution in [1.82, 2.24) is 10.2 Å². The number of amides is 1. The van der Waals surface area contributed by atoms with E-state index in [0.29, 0.717) is 0 Å². The van der Waals surface area contributed by atoms with E-state index in [9.17, 15) is 42.9 Å². The van der Waals surface area contributed by atoms with Crippen LogP contribution in [-0.4, -0.2) is 77.4 Å². The van der Waals surface area contributed by atoms with Gasteiger partial charge in [0.2, 0.25) is 0 Å². The van der Waals surface area contributed by atoms with E-state index in [-0.39, 0.29) is 11.4 Å². The van der Waals surface area contributed by atoms with Crippen molar-refractivity contribution in [3.63, 3.8) is 0 Å². The van der Waals surface area contributed by atoms with E-state index in [1.54, 1.807) is 0 Å². The number of nitrogens with zero attached hydrogens (tertiary/aromatic N) is 1. The lowest BCUT2D eigenvalue weighted by atomic mass is 9.88. The van der Waals surface area contributed by atoms with Crippen LogP contribution in [0.2, 0.25) is 0 Å². The summed E-state index contributed by atoms with van der Waals surface area (Å²) in [7, 11) is -17.0. The molecule has 0 aromatic rings. The molecule has 7 N–H and O–H groups in total. The minimum Gasteiger partial charge on any atom is -0.387 e. The number of alkyl halides is 1. The van der Waals surface area contributed by atoms with Crippen LogP contribution in [0.1, 0.15) is 13.8 Å². The van der Waals surface area contributed by atoms with E-state index in [4.69, 9.17) is 14.5 Å². The van der Waals surface area contributed by atoms with Crippen molar-refractivity contribution in [2.24, 2.45) is 0 Å². The number of ether oxygens (including phenoxy) is 1. The predicted octanol–water partition coefficient (Wildman–Crippen LogP) is -0.687. The number of aliphatic hydroxyl groups excluding tert-OH is 1. The first-order valence-electron chi connectivity index (χ1n) is 8.65. The molecule has 2 aliphatic rings. The predicted molar refractivity (Wildman–Crippen MR) is 103 cm³/mol. The van der Waals surface area contributed by atoms with Gasteiger partial charge in [-0.05, 0) is 13.8 Å². The average Bonchev–Trinajstić information content (AvgIpc) is 2.82. The number of carbonyl (C=O) groups is 1. The van der Waals surface area contributed by atoms with Gasteiger partial charge in [0, 0.05) is 11.8 Å². The van der Waals surface area contributed by atoms with Crippen LogP contribution in [0, 0.1) is 0 Å². The zero-order valence-corrected chi connectivity index (χ0v) is 19.7. The number of phosphoric acid groups is 3. The highest BCUT2D eigenvalue weighted by Gasteiger charge is 2.64. The molecule has 20 heteroatoms. The summed E-state index contributed by atoms with van der Waals surface area (Å²) in [5, 5.41) is 23.6. The summed E-state index contributed by atoms with van der Waals surface area (Å²) >= 11 is 0. The van der Waals surface area contributed by atoms with Crippen LogP contribution in [0.5, 0.6) is 0 Å². The zero-order valence-electron chi connectivity index (χ0n) is 17.0. The summed E-state index contributed by atoms with van der Waals surface area (Å²) in [5.41, 5.74) is -4.75. The monoisotopic (exact) mass is 542 g/mol. The summed E-state index contributed by atoms with van der Waals surface area (Å²) in [4.78, 5) is 48.6. The van der Waals surface area contributed by atoms with Gasteiger partial charge in [-0.3, -0.25) is 9.32 Å². The van der Waals surface area contributed by atoms with E-state index in [2.05, 4.69) is 25.0 Å². The normalized spacial score (nSPS) is 34.5. The quantitative estimate of drug-likeness (QED) is 0.178. The van der Waals surface area contributed by atoms with E-state index in [1.165, 1.54) is 6.92 Å². The molecule has 0 aromatic heterocycles. The van der Waals surface area contributed by atoms with Gasteiger partial charge in [0.05, 0.1) is 6.61 Å². The first-order chi connectivity index (χ1) is 14.8. The number of nitrogens with one attached hydrogen (secondary N) is 1. The SMILES string of the molecule is C=C1NC(=O)C(C)=CN1[C@@H]1O[C@](C)(COP(=O)(O)OP(=O)(O)OP(=O)(O)O)[C@H](O)C1(O)CF. The van der Waals surface area contributed by atoms with Gasteiger partial charge in [-0.1, -0.05) is 6.58 Å². The lowest BCUT2D eigenvalue weighted by molar-refractivity contribution is -0.143. The van der Waals surface area contributed by atoms with E-state index in [0.717, 1.165) is 18.0 Å². The van der Waals surface area contributed by atoms with E-state index >= 15 is 0 Å². The van der Waals surface area contributed by atoms with Crippen LogP contribution in [0.25, 0.3) is 0 Å². The van der Waals surface area contributed by atoms with Crippen molar-refractivity contribution in [1.29, 1.82) is 0 Å². The van der Waals surface area contributed by atoms with Gasteiger partial charge in [-0.15, -0.1) is 0 Å². The first-order valence-corrected chi connectivity index (χ1v) is 13.2. The maximum Gasteiger partial charge on any atom is 0.490 e. The summed E-state index contributed by atoms with van der Waals surface area (Å²) in [6.07, 6.45) is -2.74. The molecule has 33 heavy (non-hydrogen) atoms. The topological polar surface area (TPSA) is 242 Å². The Morgan fingerprint density at radius 2 is 1.82 bits per heavy atom. The molecule has 2 rings (SSSR count). The Morgan fingerprint density at radius 1 is 1.24 bits per heavy atom. The molecule has 190 valence electrons. The van der Waals surface area contributed by atoms with Gasteiger partial charge in [-0.25, -0.2) is 18.1 Å². The summed E-state index contributed by atoms with van der Waals surface area (Å²) < 4.78 is 65.0. The Morgan fingerprint density at radius 3 is 2.33 bits per heavy atom. The molecule has 0 bridgehead atoms. The molecule has 1 amide bonds. The molecular formula is C13H22FN2O14P3. The van der Waals surface area contributed by atoms with Gasteiger partial charge in [0.25, 0.3) is 5.91 Å². The van der Waals surface area contributed by atoms with Gasteiger partial charge >= 0.3 is 23.5 Å². The maximum atomic E-state index is 13.9. The third-order valence-corrected chi connectivity index (χ3v) is 8.30. The molecule has 3 unspecified atom stereocenters. The van der Waals surface area contributed by atoms with Crippen LogP contribution in [0.15, 0.2) is 24.2 Å². The van der Waals surface area contributed by atoms with Gasteiger partial charge in [-0.2, -0.15) is 8.62 Å². The number of hydrogen-bond donors (Lipinski definition) is 7. The number of phosphoric ester groups is 1. The molecule has 1 fully saturated rings. The van der Waals surface area contributed by atoms with Crippen LogP contribution < -0.4 is 5.32 Å². The highest BCUT2D eigenvalue weighted by atomic mass is 31.3. The number of halogens is 1. The van der Waals surface area contributed by atoms with Crippen molar-refractivity contribution < 1.29 is 70.5 Å². The molecular weight excluding hydrogens is 520 g/mol. The van der Waals surface area contributed by atoms with Gasteiger partial charge in [0.15, 0.2) is 11.8 Å². The molecule has 6 atom stereocenters. The molecule has 0 aromatic carbocycles. The van der Waals surface area contributed by atoms with Crippen molar-refractivity contribution >= 4 is 29.4 Å². The fourth-order valence-electron chi connectivity index (χ4n) is 3.00. The second-order valence-electron chi connectivity index (χ2n) is 7.29. The standard InChI is InChI=1S/C13H22FN2O14P3/c1-7-4-16(8(2)15-9(7)17)11-13(19,5-14)10(18)12(3,28-11)6-27-32(23,24)30-33(25,26)29-31(20,21)22/h4,10-11,18-19H,2,5-6H2,1,3H3,(H,15,17)(H,23,24)(H,25,26)(H2,20,21,22)/t10-,11+,12+,13?/m0/s1. The third-order valence-electron chi connectivity index (χ3n) is 4.52. The molecule has 2 heterocycles. The highest BCUT2D eigenvalue weighted by molar-refractivity contribution is 7.66. The number of rotatable bonds is 9. The average molecular weight is 542 g/mol. The fraction of sp³-hybridized carbons (Fsp3) is 0.615.